The summed E-state index contributed by atoms with van der Waals surface area (Å²) >= 11 is 0. The van der Waals surface area contributed by atoms with Crippen LogP contribution in [0.4, 0.5) is 0 Å². The van der Waals surface area contributed by atoms with Gasteiger partial charge < -0.3 is 5.73 Å². The summed E-state index contributed by atoms with van der Waals surface area (Å²) in [5.74, 6) is 0. The van der Waals surface area contributed by atoms with Gasteiger partial charge in [0, 0.05) is 0 Å². The second kappa shape index (κ2) is 7.08. The Kier molecular flexibility index (Phi) is 6.21. The largest absolute Gasteiger partial charge is 0.331 e. The molecule has 0 aliphatic heterocycles. The smallest absolute Gasteiger partial charge is 0.0991 e. The fraction of sp³-hybridized carbons (Fsp3) is 0.182. The number of hydrogen-bond donors (Lipinski definition) is 1. The van der Waals surface area contributed by atoms with Crippen molar-refractivity contribution in [3.8, 4) is 6.07 Å². The van der Waals surface area contributed by atoms with Crippen molar-refractivity contribution >= 4 is 5.57 Å². The minimum atomic E-state index is 0.514. The number of benzene rings is 1. The zero-order chi connectivity index (χ0) is 10.1. The molecule has 0 bridgehead atoms. The van der Waals surface area contributed by atoms with Crippen molar-refractivity contribution in [2.45, 2.75) is 6.92 Å². The van der Waals surface area contributed by atoms with Crippen LogP contribution in [0.25, 0.3) is 5.57 Å². The first-order chi connectivity index (χ1) is 6.26. The van der Waals surface area contributed by atoms with Crippen LogP contribution in [-0.4, -0.2) is 6.54 Å². The molecule has 2 N–H and O–H groups in total. The summed E-state index contributed by atoms with van der Waals surface area (Å²) in [4.78, 5) is 0. The maximum absolute atomic E-state index is 8.44. The molecular weight excluding hydrogens is 160 g/mol. The molecule has 0 atom stereocenters. The van der Waals surface area contributed by atoms with Crippen LogP contribution < -0.4 is 5.73 Å². The third kappa shape index (κ3) is 4.78. The molecule has 1 rings (SSSR count). The van der Waals surface area contributed by atoms with E-state index in [0.717, 1.165) is 12.1 Å². The van der Waals surface area contributed by atoms with Gasteiger partial charge in [0.25, 0.3) is 0 Å². The predicted molar refractivity (Wildman–Crippen MR) is 55.8 cm³/mol. The van der Waals surface area contributed by atoms with Crippen molar-refractivity contribution < 1.29 is 0 Å². The van der Waals surface area contributed by atoms with Crippen molar-refractivity contribution in [1.29, 1.82) is 5.26 Å². The molecule has 0 amide bonds. The van der Waals surface area contributed by atoms with Crippen LogP contribution in [0, 0.1) is 11.3 Å². The Morgan fingerprint density at radius 1 is 1.46 bits per heavy atom. The standard InChI is InChI=1S/C9H7N.C2H7N/c1-8(7-10)9-5-3-2-4-6-9;1-2-3/h2-6H,1H2;2-3H2,1H3. The summed E-state index contributed by atoms with van der Waals surface area (Å²) in [6.07, 6.45) is 0. The zero-order valence-corrected chi connectivity index (χ0v) is 7.83. The summed E-state index contributed by atoms with van der Waals surface area (Å²) in [7, 11) is 0. The summed E-state index contributed by atoms with van der Waals surface area (Å²) in [6.45, 7) is 6.24. The molecule has 13 heavy (non-hydrogen) atoms. The summed E-state index contributed by atoms with van der Waals surface area (Å²) in [5, 5.41) is 8.44. The van der Waals surface area contributed by atoms with Gasteiger partial charge in [0.15, 0.2) is 0 Å². The number of allylic oxidation sites excluding steroid dienone is 1. The monoisotopic (exact) mass is 174 g/mol. The van der Waals surface area contributed by atoms with E-state index in [1.54, 1.807) is 0 Å². The highest BCUT2D eigenvalue weighted by molar-refractivity contribution is 5.74. The molecular formula is C11H14N2. The van der Waals surface area contributed by atoms with Crippen LogP contribution >= 0.6 is 0 Å². The van der Waals surface area contributed by atoms with Gasteiger partial charge in [-0.2, -0.15) is 5.26 Å². The van der Waals surface area contributed by atoms with E-state index in [0.29, 0.717) is 5.57 Å². The first-order valence-electron chi connectivity index (χ1n) is 4.10. The normalized spacial score (nSPS) is 7.77. The lowest BCUT2D eigenvalue weighted by Crippen LogP contribution is -1.87. The Hall–Kier alpha value is -1.59. The maximum Gasteiger partial charge on any atom is 0.0991 e. The fourth-order valence-corrected chi connectivity index (χ4v) is 0.704. The lowest BCUT2D eigenvalue weighted by atomic mass is 10.1. The van der Waals surface area contributed by atoms with Gasteiger partial charge in [-0.1, -0.05) is 43.8 Å². The molecule has 0 radical (unpaired) electrons. The first kappa shape index (κ1) is 11.4. The van der Waals surface area contributed by atoms with Gasteiger partial charge in [-0.3, -0.25) is 0 Å². The third-order valence-corrected chi connectivity index (χ3v) is 1.26. The van der Waals surface area contributed by atoms with Crippen LogP contribution in [0.3, 0.4) is 0 Å². The van der Waals surface area contributed by atoms with E-state index < -0.39 is 0 Å². The summed E-state index contributed by atoms with van der Waals surface area (Å²) < 4.78 is 0. The van der Waals surface area contributed by atoms with E-state index in [4.69, 9.17) is 11.0 Å². The Morgan fingerprint density at radius 2 is 1.92 bits per heavy atom. The van der Waals surface area contributed by atoms with Crippen molar-refractivity contribution in [3.05, 3.63) is 42.5 Å². The van der Waals surface area contributed by atoms with Crippen LogP contribution in [0.2, 0.25) is 0 Å². The molecule has 0 unspecified atom stereocenters. The van der Waals surface area contributed by atoms with E-state index in [-0.39, 0.29) is 0 Å². The van der Waals surface area contributed by atoms with E-state index in [1.807, 2.05) is 43.3 Å². The van der Waals surface area contributed by atoms with Crippen LogP contribution in [-0.2, 0) is 0 Å². The molecule has 68 valence electrons. The van der Waals surface area contributed by atoms with Crippen LogP contribution in [0.1, 0.15) is 12.5 Å². The van der Waals surface area contributed by atoms with Crippen LogP contribution in [0.5, 0.6) is 0 Å². The van der Waals surface area contributed by atoms with Gasteiger partial charge in [-0.25, -0.2) is 0 Å². The molecule has 0 aliphatic carbocycles. The third-order valence-electron chi connectivity index (χ3n) is 1.26. The maximum atomic E-state index is 8.44. The highest BCUT2D eigenvalue weighted by Gasteiger charge is 1.91. The van der Waals surface area contributed by atoms with E-state index in [1.165, 1.54) is 0 Å². The van der Waals surface area contributed by atoms with Gasteiger partial charge in [0.05, 0.1) is 11.6 Å². The second-order valence-electron chi connectivity index (χ2n) is 2.36. The Balaban J connectivity index is 0.000000424. The van der Waals surface area contributed by atoms with E-state index >= 15 is 0 Å². The topological polar surface area (TPSA) is 49.8 Å². The number of nitrogens with two attached hydrogens (primary N) is 1. The van der Waals surface area contributed by atoms with Gasteiger partial charge in [-0.05, 0) is 12.1 Å². The minimum Gasteiger partial charge on any atom is -0.331 e. The van der Waals surface area contributed by atoms with Gasteiger partial charge in [0.2, 0.25) is 0 Å². The van der Waals surface area contributed by atoms with Crippen LogP contribution in [0.15, 0.2) is 36.9 Å². The Labute approximate surface area is 79.3 Å². The Bertz CT molecular complexity index is 283. The van der Waals surface area contributed by atoms with Gasteiger partial charge >= 0.3 is 0 Å². The number of nitriles is 1. The zero-order valence-electron chi connectivity index (χ0n) is 7.83. The molecule has 0 spiro atoms. The summed E-state index contributed by atoms with van der Waals surface area (Å²) in [6, 6.07) is 11.4. The molecule has 0 aromatic heterocycles. The van der Waals surface area contributed by atoms with Gasteiger partial charge in [0.1, 0.15) is 0 Å². The summed E-state index contributed by atoms with van der Waals surface area (Å²) in [5.41, 5.74) is 6.26. The molecule has 0 saturated heterocycles. The fourth-order valence-electron chi connectivity index (χ4n) is 0.704. The average molecular weight is 174 g/mol. The molecule has 2 nitrogen and oxygen atoms in total. The predicted octanol–water partition coefficient (Wildman–Crippen LogP) is 2.19. The van der Waals surface area contributed by atoms with E-state index in [9.17, 15) is 0 Å². The van der Waals surface area contributed by atoms with E-state index in [2.05, 4.69) is 6.58 Å². The lowest BCUT2D eigenvalue weighted by molar-refractivity contribution is 1.14. The Morgan fingerprint density at radius 3 is 2.31 bits per heavy atom. The second-order valence-corrected chi connectivity index (χ2v) is 2.36. The minimum absolute atomic E-state index is 0.514. The SMILES string of the molecule is C=C(C#N)c1ccccc1.CCN. The van der Waals surface area contributed by atoms with Crippen molar-refractivity contribution in [3.63, 3.8) is 0 Å². The highest BCUT2D eigenvalue weighted by Crippen LogP contribution is 2.08. The molecule has 0 saturated carbocycles. The molecule has 0 fully saturated rings. The average Bonchev–Trinajstić information content (AvgIpc) is 2.19. The molecule has 1 aromatic carbocycles. The molecule has 2 heteroatoms. The quantitative estimate of drug-likeness (QED) is 0.663. The number of rotatable bonds is 1. The molecule has 0 heterocycles. The molecule has 0 aliphatic rings. The van der Waals surface area contributed by atoms with Crippen molar-refractivity contribution in [2.24, 2.45) is 5.73 Å². The molecule has 1 aromatic rings. The lowest BCUT2D eigenvalue weighted by Gasteiger charge is -1.92. The number of hydrogen-bond acceptors (Lipinski definition) is 2. The van der Waals surface area contributed by atoms with Crippen molar-refractivity contribution in [2.75, 3.05) is 6.54 Å². The first-order valence-corrected chi connectivity index (χ1v) is 4.10. The highest BCUT2D eigenvalue weighted by atomic mass is 14.5. The number of nitrogens with zero attached hydrogens (tertiary/aromatic N) is 1. The van der Waals surface area contributed by atoms with Crippen molar-refractivity contribution in [1.82, 2.24) is 0 Å². The van der Waals surface area contributed by atoms with Gasteiger partial charge in [-0.15, -0.1) is 0 Å².